The lowest BCUT2D eigenvalue weighted by atomic mass is 9.93. The van der Waals surface area contributed by atoms with Crippen molar-refractivity contribution < 1.29 is 13.7 Å². The Morgan fingerprint density at radius 2 is 1.97 bits per heavy atom. The van der Waals surface area contributed by atoms with Crippen LogP contribution >= 0.6 is 11.3 Å². The molecule has 1 unspecified atom stereocenters. The van der Waals surface area contributed by atoms with Gasteiger partial charge in [-0.25, -0.2) is 9.18 Å². The third-order valence-corrected chi connectivity index (χ3v) is 6.81. The molecule has 172 valence electrons. The van der Waals surface area contributed by atoms with Gasteiger partial charge < -0.3 is 9.84 Å². The monoisotopic (exact) mass is 474 g/mol. The summed E-state index contributed by atoms with van der Waals surface area (Å²) in [6.45, 7) is 4.42. The summed E-state index contributed by atoms with van der Waals surface area (Å²) in [5.41, 5.74) is 4.10. The Balaban J connectivity index is 1.59. The summed E-state index contributed by atoms with van der Waals surface area (Å²) >= 11 is 1.59. The minimum Gasteiger partial charge on any atom is -0.334 e. The molecule has 34 heavy (non-hydrogen) atoms. The lowest BCUT2D eigenvalue weighted by molar-refractivity contribution is 0.203. The maximum Gasteiger partial charge on any atom is 0.322 e. The molecule has 0 radical (unpaired) electrons. The third-order valence-electron chi connectivity index (χ3n) is 5.95. The topological polar surface area (TPSA) is 71.3 Å². The van der Waals surface area contributed by atoms with E-state index in [1.807, 2.05) is 36.6 Å². The van der Waals surface area contributed by atoms with Gasteiger partial charge in [0.25, 0.3) is 5.89 Å². The molecule has 6 nitrogen and oxygen atoms in total. The van der Waals surface area contributed by atoms with Crippen LogP contribution < -0.4 is 5.32 Å². The fraction of sp³-hybridized carbons (Fsp3) is 0.192. The molecule has 1 aliphatic heterocycles. The van der Waals surface area contributed by atoms with Crippen LogP contribution in [-0.2, 0) is 13.0 Å². The summed E-state index contributed by atoms with van der Waals surface area (Å²) in [6.07, 6.45) is 0.925. The zero-order valence-corrected chi connectivity index (χ0v) is 19.6. The van der Waals surface area contributed by atoms with Crippen LogP contribution in [-0.4, -0.2) is 21.1 Å². The van der Waals surface area contributed by atoms with Gasteiger partial charge in [0.2, 0.25) is 5.82 Å². The standard InChI is InChI=1S/C26H23FN4O2S/c1-3-17-9-11-18(12-10-17)23-22(16(2)31(26(32)28-23)15-21-8-5-13-34-21)25-29-24(30-33-25)19-6-4-7-20(27)14-19/h4-14,23H,3,15H2,1-2H3,(H,28,32). The van der Waals surface area contributed by atoms with E-state index in [1.165, 1.54) is 17.7 Å². The average Bonchev–Trinajstić information content (AvgIpc) is 3.54. The van der Waals surface area contributed by atoms with Gasteiger partial charge in [-0.05, 0) is 48.1 Å². The molecule has 5 rings (SSSR count). The molecule has 0 saturated carbocycles. The number of thiophene rings is 1. The molecule has 2 amide bonds. The maximum atomic E-state index is 13.7. The van der Waals surface area contributed by atoms with E-state index in [-0.39, 0.29) is 23.6 Å². The molecule has 1 atom stereocenters. The lowest BCUT2D eigenvalue weighted by Gasteiger charge is -2.35. The van der Waals surface area contributed by atoms with E-state index in [1.54, 1.807) is 28.4 Å². The summed E-state index contributed by atoms with van der Waals surface area (Å²) < 4.78 is 19.4. The number of halogens is 1. The van der Waals surface area contributed by atoms with Crippen LogP contribution in [0.5, 0.6) is 0 Å². The first-order valence-corrected chi connectivity index (χ1v) is 11.9. The molecule has 2 aromatic heterocycles. The van der Waals surface area contributed by atoms with E-state index in [9.17, 15) is 9.18 Å². The van der Waals surface area contributed by atoms with Crippen LogP contribution in [0.2, 0.25) is 0 Å². The van der Waals surface area contributed by atoms with Crippen molar-refractivity contribution in [2.24, 2.45) is 0 Å². The largest absolute Gasteiger partial charge is 0.334 e. The normalized spacial score (nSPS) is 16.1. The number of hydrogen-bond acceptors (Lipinski definition) is 5. The SMILES string of the molecule is CCc1ccc(C2NC(=O)N(Cc3cccs3)C(C)=C2c2nc(-c3cccc(F)c3)no2)cc1. The molecule has 8 heteroatoms. The van der Waals surface area contributed by atoms with E-state index in [0.29, 0.717) is 12.1 Å². The van der Waals surface area contributed by atoms with Gasteiger partial charge in [-0.2, -0.15) is 4.98 Å². The number of nitrogens with one attached hydrogen (secondary N) is 1. The van der Waals surface area contributed by atoms with Crippen LogP contribution in [0.3, 0.4) is 0 Å². The van der Waals surface area contributed by atoms with Gasteiger partial charge in [0.1, 0.15) is 5.82 Å². The number of carbonyl (C=O) groups excluding carboxylic acids is 1. The van der Waals surface area contributed by atoms with Gasteiger partial charge in [-0.1, -0.05) is 54.5 Å². The summed E-state index contributed by atoms with van der Waals surface area (Å²) in [5, 5.41) is 9.20. The van der Waals surface area contributed by atoms with Crippen molar-refractivity contribution in [3.05, 3.63) is 99.5 Å². The molecule has 1 N–H and O–H groups in total. The van der Waals surface area contributed by atoms with Crippen LogP contribution in [0.4, 0.5) is 9.18 Å². The first-order valence-electron chi connectivity index (χ1n) is 11.0. The second-order valence-electron chi connectivity index (χ2n) is 8.08. The fourth-order valence-corrected chi connectivity index (χ4v) is 4.77. The number of aryl methyl sites for hydroxylation is 1. The van der Waals surface area contributed by atoms with Crippen molar-refractivity contribution in [3.63, 3.8) is 0 Å². The van der Waals surface area contributed by atoms with Gasteiger partial charge >= 0.3 is 6.03 Å². The highest BCUT2D eigenvalue weighted by Gasteiger charge is 2.36. The minimum atomic E-state index is -0.459. The van der Waals surface area contributed by atoms with Crippen LogP contribution in [0.15, 0.2) is 76.3 Å². The van der Waals surface area contributed by atoms with Crippen LogP contribution in [0, 0.1) is 5.82 Å². The minimum absolute atomic E-state index is 0.191. The number of carbonyl (C=O) groups is 1. The van der Waals surface area contributed by atoms with Gasteiger partial charge in [0.05, 0.1) is 18.2 Å². The summed E-state index contributed by atoms with van der Waals surface area (Å²) in [6, 6.07) is 17.5. The first kappa shape index (κ1) is 22.0. The predicted octanol–water partition coefficient (Wildman–Crippen LogP) is 6.20. The highest BCUT2D eigenvalue weighted by atomic mass is 32.1. The van der Waals surface area contributed by atoms with E-state index in [2.05, 4.69) is 34.5 Å². The number of benzene rings is 2. The van der Waals surface area contributed by atoms with E-state index < -0.39 is 6.04 Å². The van der Waals surface area contributed by atoms with Crippen molar-refractivity contribution in [2.75, 3.05) is 0 Å². The summed E-state index contributed by atoms with van der Waals surface area (Å²) in [5.74, 6) is 0.203. The summed E-state index contributed by atoms with van der Waals surface area (Å²) in [7, 11) is 0. The molecule has 2 aromatic carbocycles. The van der Waals surface area contributed by atoms with Gasteiger partial charge in [0.15, 0.2) is 0 Å². The fourth-order valence-electron chi connectivity index (χ4n) is 4.08. The second kappa shape index (κ2) is 9.23. The van der Waals surface area contributed by atoms with Crippen molar-refractivity contribution >= 4 is 22.9 Å². The summed E-state index contributed by atoms with van der Waals surface area (Å²) in [4.78, 5) is 20.5. The molecule has 0 saturated heterocycles. The quantitative estimate of drug-likeness (QED) is 0.361. The van der Waals surface area contributed by atoms with E-state index >= 15 is 0 Å². The van der Waals surface area contributed by atoms with Gasteiger partial charge in [-0.15, -0.1) is 11.3 Å². The molecular formula is C26H23FN4O2S. The van der Waals surface area contributed by atoms with Gasteiger partial charge in [0, 0.05) is 16.1 Å². The van der Waals surface area contributed by atoms with E-state index in [4.69, 9.17) is 4.52 Å². The Morgan fingerprint density at radius 3 is 2.68 bits per heavy atom. The molecule has 3 heterocycles. The Morgan fingerprint density at radius 1 is 1.15 bits per heavy atom. The number of allylic oxidation sites excluding steroid dienone is 1. The zero-order chi connectivity index (χ0) is 23.7. The third kappa shape index (κ3) is 4.24. The molecule has 4 aromatic rings. The number of urea groups is 1. The highest BCUT2D eigenvalue weighted by molar-refractivity contribution is 7.09. The zero-order valence-electron chi connectivity index (χ0n) is 18.8. The number of amides is 2. The molecule has 1 aliphatic rings. The molecular weight excluding hydrogens is 451 g/mol. The number of nitrogens with zero attached hydrogens (tertiary/aromatic N) is 3. The van der Waals surface area contributed by atoms with Crippen molar-refractivity contribution in [2.45, 2.75) is 32.9 Å². The molecule has 0 bridgehead atoms. The van der Waals surface area contributed by atoms with E-state index in [0.717, 1.165) is 28.1 Å². The second-order valence-corrected chi connectivity index (χ2v) is 9.11. The molecule has 0 aliphatic carbocycles. The average molecular weight is 475 g/mol. The van der Waals surface area contributed by atoms with Crippen molar-refractivity contribution in [1.82, 2.24) is 20.4 Å². The Labute approximate surface area is 200 Å². The van der Waals surface area contributed by atoms with Crippen LogP contribution in [0.25, 0.3) is 17.0 Å². The number of rotatable bonds is 6. The lowest BCUT2D eigenvalue weighted by Crippen LogP contribution is -2.45. The first-order chi connectivity index (χ1) is 16.5. The predicted molar refractivity (Wildman–Crippen MR) is 129 cm³/mol. The Bertz CT molecular complexity index is 1350. The smallest absolute Gasteiger partial charge is 0.322 e. The number of hydrogen-bond donors (Lipinski definition) is 1. The van der Waals surface area contributed by atoms with Crippen molar-refractivity contribution in [1.29, 1.82) is 0 Å². The Kier molecular flexibility index (Phi) is 5.98. The Hall–Kier alpha value is -3.78. The molecule has 0 spiro atoms. The highest BCUT2D eigenvalue weighted by Crippen LogP contribution is 2.38. The number of aromatic nitrogens is 2. The maximum absolute atomic E-state index is 13.7. The van der Waals surface area contributed by atoms with Crippen LogP contribution in [0.1, 0.15) is 41.8 Å². The van der Waals surface area contributed by atoms with Crippen molar-refractivity contribution in [3.8, 4) is 11.4 Å². The van der Waals surface area contributed by atoms with Gasteiger partial charge in [-0.3, -0.25) is 4.90 Å². The molecule has 0 fully saturated rings.